The Morgan fingerprint density at radius 2 is 1.95 bits per heavy atom. The Labute approximate surface area is 131 Å². The molecule has 1 unspecified atom stereocenters. The predicted octanol–water partition coefficient (Wildman–Crippen LogP) is 4.81. The molecule has 1 atom stereocenters. The molecule has 0 N–H and O–H groups in total. The first-order valence-electron chi connectivity index (χ1n) is 6.52. The fraction of sp³-hybridized carbons (Fsp3) is 0.400. The maximum absolute atomic E-state index is 4.53. The lowest BCUT2D eigenvalue weighted by atomic mass is 10.1. The number of rotatable bonds is 5. The molecule has 0 amide bonds. The van der Waals surface area contributed by atoms with Crippen molar-refractivity contribution in [2.45, 2.75) is 31.0 Å². The molecule has 1 heterocycles. The maximum atomic E-state index is 4.53. The van der Waals surface area contributed by atoms with Gasteiger partial charge in [0.05, 0.1) is 15.9 Å². The topological polar surface area (TPSA) is 17.8 Å². The summed E-state index contributed by atoms with van der Waals surface area (Å²) < 4.78 is 3.17. The van der Waals surface area contributed by atoms with Crippen LogP contribution in [0.3, 0.4) is 0 Å². The quantitative estimate of drug-likeness (QED) is 0.675. The van der Waals surface area contributed by atoms with Crippen LogP contribution in [-0.4, -0.2) is 9.78 Å². The van der Waals surface area contributed by atoms with Gasteiger partial charge in [0.25, 0.3) is 0 Å². The normalized spacial score (nSPS) is 12.6. The number of benzene rings is 1. The molecule has 2 rings (SSSR count). The zero-order valence-corrected chi connectivity index (χ0v) is 14.4. The van der Waals surface area contributed by atoms with Gasteiger partial charge in [0.1, 0.15) is 0 Å². The lowest BCUT2D eigenvalue weighted by Gasteiger charge is -2.10. The van der Waals surface area contributed by atoms with Crippen molar-refractivity contribution in [1.82, 2.24) is 9.78 Å². The summed E-state index contributed by atoms with van der Waals surface area (Å²) in [6, 6.07) is 10.5. The molecule has 0 fully saturated rings. The first kappa shape index (κ1) is 14.8. The minimum absolute atomic E-state index is 0.389. The van der Waals surface area contributed by atoms with E-state index in [0.717, 1.165) is 25.0 Å². The van der Waals surface area contributed by atoms with Crippen molar-refractivity contribution < 1.29 is 0 Å². The summed E-state index contributed by atoms with van der Waals surface area (Å²) in [7, 11) is 2.02. The highest BCUT2D eigenvalue weighted by molar-refractivity contribution is 9.10. The lowest BCUT2D eigenvalue weighted by Crippen LogP contribution is -2.01. The molecule has 0 saturated carbocycles. The predicted molar refractivity (Wildman–Crippen MR) is 86.7 cm³/mol. The summed E-state index contributed by atoms with van der Waals surface area (Å²) in [5.41, 5.74) is 3.75. The minimum atomic E-state index is 0.389. The van der Waals surface area contributed by atoms with Crippen LogP contribution in [-0.2, 0) is 19.9 Å². The molecule has 0 radical (unpaired) electrons. The molecular weight excluding hydrogens is 368 g/mol. The molecule has 0 aliphatic heterocycles. The first-order chi connectivity index (χ1) is 9.13. The van der Waals surface area contributed by atoms with Crippen LogP contribution >= 0.6 is 31.9 Å². The van der Waals surface area contributed by atoms with Crippen LogP contribution < -0.4 is 0 Å². The van der Waals surface area contributed by atoms with Gasteiger partial charge in [-0.3, -0.25) is 4.68 Å². The summed E-state index contributed by atoms with van der Waals surface area (Å²) in [4.78, 5) is 0.389. The number of aromatic nitrogens is 2. The smallest absolute Gasteiger partial charge is 0.0766 e. The Hall–Kier alpha value is -0.610. The van der Waals surface area contributed by atoms with Crippen molar-refractivity contribution in [3.8, 4) is 0 Å². The van der Waals surface area contributed by atoms with Gasteiger partial charge in [-0.05, 0) is 40.8 Å². The third kappa shape index (κ3) is 3.48. The molecule has 1 aromatic carbocycles. The van der Waals surface area contributed by atoms with Gasteiger partial charge in [-0.2, -0.15) is 5.10 Å². The van der Waals surface area contributed by atoms with Crippen molar-refractivity contribution >= 4 is 31.9 Å². The molecule has 0 aliphatic rings. The Morgan fingerprint density at radius 3 is 2.53 bits per heavy atom. The molecule has 2 nitrogen and oxygen atoms in total. The van der Waals surface area contributed by atoms with Gasteiger partial charge in [0, 0.05) is 11.9 Å². The third-order valence-electron chi connectivity index (χ3n) is 3.30. The monoisotopic (exact) mass is 384 g/mol. The standard InChI is InChI=1S/C15H18Br2N2/c1-3-13-15(17)14(19(2)18-13)10-9-12(16)11-7-5-4-6-8-11/h4-8,12H,3,9-10H2,1-2H3. The largest absolute Gasteiger partial charge is 0.271 e. The van der Waals surface area contributed by atoms with Crippen LogP contribution in [0.15, 0.2) is 34.8 Å². The first-order valence-corrected chi connectivity index (χ1v) is 8.23. The van der Waals surface area contributed by atoms with Crippen LogP contribution in [0.1, 0.15) is 35.1 Å². The van der Waals surface area contributed by atoms with Gasteiger partial charge >= 0.3 is 0 Å². The van der Waals surface area contributed by atoms with Crippen molar-refractivity contribution in [2.24, 2.45) is 7.05 Å². The molecule has 2 aromatic rings. The van der Waals surface area contributed by atoms with Crippen LogP contribution in [0.4, 0.5) is 0 Å². The van der Waals surface area contributed by atoms with Gasteiger partial charge in [-0.1, -0.05) is 53.2 Å². The molecule has 0 aliphatic carbocycles. The van der Waals surface area contributed by atoms with Crippen LogP contribution in [0, 0.1) is 0 Å². The number of alkyl halides is 1. The van der Waals surface area contributed by atoms with E-state index in [-0.39, 0.29) is 0 Å². The van der Waals surface area contributed by atoms with Crippen LogP contribution in [0.5, 0.6) is 0 Å². The summed E-state index contributed by atoms with van der Waals surface area (Å²) in [6.07, 6.45) is 3.03. The molecule has 0 saturated heterocycles. The Morgan fingerprint density at radius 1 is 1.26 bits per heavy atom. The van der Waals surface area contributed by atoms with Gasteiger partial charge in [-0.15, -0.1) is 0 Å². The van der Waals surface area contributed by atoms with E-state index in [2.05, 4.69) is 74.2 Å². The highest BCUT2D eigenvalue weighted by Gasteiger charge is 2.14. The van der Waals surface area contributed by atoms with E-state index in [4.69, 9.17) is 0 Å². The number of nitrogens with zero attached hydrogens (tertiary/aromatic N) is 2. The average molecular weight is 386 g/mol. The highest BCUT2D eigenvalue weighted by atomic mass is 79.9. The maximum Gasteiger partial charge on any atom is 0.0766 e. The Kier molecular flexibility index (Phi) is 5.22. The second kappa shape index (κ2) is 6.71. The fourth-order valence-electron chi connectivity index (χ4n) is 2.18. The SMILES string of the molecule is CCc1nn(C)c(CCC(Br)c2ccccc2)c1Br. The van der Waals surface area contributed by atoms with Gasteiger partial charge in [0.15, 0.2) is 0 Å². The molecule has 0 spiro atoms. The second-order valence-electron chi connectivity index (χ2n) is 4.60. The van der Waals surface area contributed by atoms with E-state index < -0.39 is 0 Å². The van der Waals surface area contributed by atoms with E-state index in [0.29, 0.717) is 4.83 Å². The van der Waals surface area contributed by atoms with Crippen molar-refractivity contribution in [2.75, 3.05) is 0 Å². The number of hydrogen-bond donors (Lipinski definition) is 0. The lowest BCUT2D eigenvalue weighted by molar-refractivity contribution is 0.672. The summed E-state index contributed by atoms with van der Waals surface area (Å²) in [5, 5.41) is 4.53. The number of hydrogen-bond acceptors (Lipinski definition) is 1. The minimum Gasteiger partial charge on any atom is -0.271 e. The van der Waals surface area contributed by atoms with E-state index in [1.807, 2.05) is 11.7 Å². The van der Waals surface area contributed by atoms with E-state index >= 15 is 0 Å². The van der Waals surface area contributed by atoms with Crippen LogP contribution in [0.2, 0.25) is 0 Å². The fourth-order valence-corrected chi connectivity index (χ4v) is 3.53. The van der Waals surface area contributed by atoms with Gasteiger partial charge in [0.2, 0.25) is 0 Å². The zero-order valence-electron chi connectivity index (χ0n) is 11.2. The third-order valence-corrected chi connectivity index (χ3v) is 5.20. The van der Waals surface area contributed by atoms with E-state index in [1.54, 1.807) is 0 Å². The highest BCUT2D eigenvalue weighted by Crippen LogP contribution is 2.30. The molecule has 0 bridgehead atoms. The molecular formula is C15H18Br2N2. The number of halogens is 2. The second-order valence-corrected chi connectivity index (χ2v) is 6.50. The molecule has 1 aromatic heterocycles. The van der Waals surface area contributed by atoms with Crippen molar-refractivity contribution in [3.05, 3.63) is 51.8 Å². The summed E-state index contributed by atoms with van der Waals surface area (Å²) in [5.74, 6) is 0. The van der Waals surface area contributed by atoms with E-state index in [9.17, 15) is 0 Å². The molecule has 102 valence electrons. The summed E-state index contributed by atoms with van der Waals surface area (Å²) in [6.45, 7) is 2.13. The van der Waals surface area contributed by atoms with Crippen LogP contribution in [0.25, 0.3) is 0 Å². The summed E-state index contributed by atoms with van der Waals surface area (Å²) >= 11 is 7.44. The molecule has 4 heteroatoms. The Balaban J connectivity index is 2.05. The molecule has 19 heavy (non-hydrogen) atoms. The Bertz CT molecular complexity index is 535. The van der Waals surface area contributed by atoms with Crippen molar-refractivity contribution in [1.29, 1.82) is 0 Å². The number of aryl methyl sites for hydroxylation is 2. The van der Waals surface area contributed by atoms with Gasteiger partial charge in [-0.25, -0.2) is 0 Å². The average Bonchev–Trinajstić information content (AvgIpc) is 2.72. The zero-order chi connectivity index (χ0) is 13.8. The van der Waals surface area contributed by atoms with E-state index in [1.165, 1.54) is 15.7 Å². The van der Waals surface area contributed by atoms with Crippen molar-refractivity contribution in [3.63, 3.8) is 0 Å². The van der Waals surface area contributed by atoms with Gasteiger partial charge < -0.3 is 0 Å².